The molecular weight excluding hydrogens is 226 g/mol. The van der Waals surface area contributed by atoms with Gasteiger partial charge in [-0.1, -0.05) is 12.2 Å². The minimum absolute atomic E-state index is 0. The zero-order valence-electron chi connectivity index (χ0n) is 9.39. The van der Waals surface area contributed by atoms with Gasteiger partial charge in [0.15, 0.2) is 0 Å². The third-order valence-corrected chi connectivity index (χ3v) is 4.39. The van der Waals surface area contributed by atoms with Crippen molar-refractivity contribution in [2.24, 2.45) is 23.7 Å². The third kappa shape index (κ3) is 1.57. The Morgan fingerprint density at radius 3 is 2.62 bits per heavy atom. The van der Waals surface area contributed by atoms with Gasteiger partial charge in [-0.15, -0.1) is 12.4 Å². The number of esters is 1. The number of nitrogens with one attached hydrogen (secondary N) is 1. The number of allylic oxidation sites excluding steroid dienone is 2. The van der Waals surface area contributed by atoms with Gasteiger partial charge in [0.05, 0.1) is 7.11 Å². The molecule has 1 saturated heterocycles. The van der Waals surface area contributed by atoms with Crippen molar-refractivity contribution in [2.45, 2.75) is 18.9 Å². The Balaban J connectivity index is 0.000000963. The lowest BCUT2D eigenvalue weighted by atomic mass is 9.62. The number of hydrogen-bond donors (Lipinski definition) is 1. The van der Waals surface area contributed by atoms with Gasteiger partial charge in [-0.25, -0.2) is 0 Å². The van der Waals surface area contributed by atoms with E-state index in [4.69, 9.17) is 4.74 Å². The van der Waals surface area contributed by atoms with Crippen molar-refractivity contribution in [3.8, 4) is 0 Å². The van der Waals surface area contributed by atoms with Crippen LogP contribution in [0.2, 0.25) is 0 Å². The van der Waals surface area contributed by atoms with Gasteiger partial charge in [-0.2, -0.15) is 0 Å². The molecule has 0 spiro atoms. The topological polar surface area (TPSA) is 38.3 Å². The van der Waals surface area contributed by atoms with E-state index in [1.54, 1.807) is 0 Å². The number of halogens is 1. The SMILES string of the molecule is COC(=O)[C@H]1NC[C@H]2[C@@H]1[C@H]1C=C[C@@H]2CC1.Cl. The molecular formula is C12H18ClNO2. The highest BCUT2D eigenvalue weighted by atomic mass is 35.5. The smallest absolute Gasteiger partial charge is 0.323 e. The van der Waals surface area contributed by atoms with Crippen LogP contribution in [0.25, 0.3) is 0 Å². The number of carbonyl (C=O) groups is 1. The average molecular weight is 244 g/mol. The summed E-state index contributed by atoms with van der Waals surface area (Å²) in [6.07, 6.45) is 7.23. The number of methoxy groups -OCH3 is 1. The van der Waals surface area contributed by atoms with E-state index in [1.807, 2.05) is 0 Å². The summed E-state index contributed by atoms with van der Waals surface area (Å²) in [6, 6.07) is -0.0576. The second-order valence-electron chi connectivity index (χ2n) is 4.94. The minimum atomic E-state index is -0.0801. The van der Waals surface area contributed by atoms with Gasteiger partial charge in [0, 0.05) is 0 Å². The lowest BCUT2D eigenvalue weighted by Crippen LogP contribution is -2.43. The molecule has 0 unspecified atom stereocenters. The summed E-state index contributed by atoms with van der Waals surface area (Å²) in [5, 5.41) is 3.34. The van der Waals surface area contributed by atoms with E-state index in [9.17, 15) is 4.79 Å². The fraction of sp³-hybridized carbons (Fsp3) is 0.750. The Morgan fingerprint density at radius 1 is 1.31 bits per heavy atom. The monoisotopic (exact) mass is 243 g/mol. The zero-order valence-corrected chi connectivity index (χ0v) is 10.2. The molecule has 2 bridgehead atoms. The molecule has 4 rings (SSSR count). The molecule has 1 heterocycles. The maximum Gasteiger partial charge on any atom is 0.323 e. The summed E-state index contributed by atoms with van der Waals surface area (Å²) in [5.74, 6) is 2.36. The molecule has 1 aliphatic heterocycles. The first-order chi connectivity index (χ1) is 7.31. The summed E-state index contributed by atoms with van der Waals surface area (Å²) in [7, 11) is 1.48. The van der Waals surface area contributed by atoms with Crippen LogP contribution in [0, 0.1) is 23.7 Å². The Labute approximate surface area is 102 Å². The predicted molar refractivity (Wildman–Crippen MR) is 63.4 cm³/mol. The largest absolute Gasteiger partial charge is 0.468 e. The van der Waals surface area contributed by atoms with E-state index in [-0.39, 0.29) is 24.4 Å². The summed E-state index contributed by atoms with van der Waals surface area (Å²) < 4.78 is 4.87. The summed E-state index contributed by atoms with van der Waals surface area (Å²) in [4.78, 5) is 11.6. The minimum Gasteiger partial charge on any atom is -0.468 e. The summed E-state index contributed by atoms with van der Waals surface area (Å²) in [6.45, 7) is 0.982. The van der Waals surface area contributed by atoms with Crippen molar-refractivity contribution in [1.29, 1.82) is 0 Å². The number of carbonyl (C=O) groups excluding carboxylic acids is 1. The molecule has 0 amide bonds. The Morgan fingerprint density at radius 2 is 2.00 bits per heavy atom. The average Bonchev–Trinajstić information content (AvgIpc) is 2.76. The normalized spacial score (nSPS) is 43.7. The first-order valence-corrected chi connectivity index (χ1v) is 5.81. The molecule has 1 saturated carbocycles. The van der Waals surface area contributed by atoms with Crippen LogP contribution in [0.5, 0.6) is 0 Å². The summed E-state index contributed by atoms with van der Waals surface area (Å²) in [5.41, 5.74) is 0. The van der Waals surface area contributed by atoms with Gasteiger partial charge in [-0.3, -0.25) is 4.79 Å². The third-order valence-electron chi connectivity index (χ3n) is 4.39. The summed E-state index contributed by atoms with van der Waals surface area (Å²) >= 11 is 0. The predicted octanol–water partition coefficient (Wildman–Crippen LogP) is 1.38. The first-order valence-electron chi connectivity index (χ1n) is 5.81. The highest BCUT2D eigenvalue weighted by molar-refractivity contribution is 5.85. The Hall–Kier alpha value is -0.540. The van der Waals surface area contributed by atoms with Crippen molar-refractivity contribution >= 4 is 18.4 Å². The molecule has 1 N–H and O–H groups in total. The van der Waals surface area contributed by atoms with Crippen LogP contribution in [-0.2, 0) is 9.53 Å². The van der Waals surface area contributed by atoms with Crippen LogP contribution in [0.3, 0.4) is 0 Å². The Bertz CT molecular complexity index is 318. The van der Waals surface area contributed by atoms with E-state index >= 15 is 0 Å². The number of hydrogen-bond acceptors (Lipinski definition) is 3. The maximum atomic E-state index is 11.6. The van der Waals surface area contributed by atoms with E-state index < -0.39 is 0 Å². The van der Waals surface area contributed by atoms with E-state index in [2.05, 4.69) is 17.5 Å². The molecule has 0 aromatic heterocycles. The zero-order chi connectivity index (χ0) is 10.4. The molecule has 16 heavy (non-hydrogen) atoms. The highest BCUT2D eigenvalue weighted by Crippen LogP contribution is 2.48. The lowest BCUT2D eigenvalue weighted by Gasteiger charge is -2.42. The number of ether oxygens (including phenoxy) is 1. The fourth-order valence-corrected chi connectivity index (χ4v) is 3.69. The van der Waals surface area contributed by atoms with Crippen molar-refractivity contribution in [2.75, 3.05) is 13.7 Å². The molecule has 0 aromatic carbocycles. The van der Waals surface area contributed by atoms with Crippen molar-refractivity contribution in [3.05, 3.63) is 12.2 Å². The molecule has 4 aliphatic rings. The molecule has 3 nitrogen and oxygen atoms in total. The van der Waals surface area contributed by atoms with Crippen LogP contribution >= 0.6 is 12.4 Å². The maximum absolute atomic E-state index is 11.6. The van der Waals surface area contributed by atoms with Gasteiger partial charge in [0.25, 0.3) is 0 Å². The molecule has 3 aliphatic carbocycles. The van der Waals surface area contributed by atoms with Crippen LogP contribution < -0.4 is 5.32 Å². The molecule has 2 fully saturated rings. The van der Waals surface area contributed by atoms with Gasteiger partial charge in [0.1, 0.15) is 6.04 Å². The number of rotatable bonds is 1. The highest BCUT2D eigenvalue weighted by Gasteiger charge is 2.50. The number of fused-ring (bicyclic) bond motifs is 1. The molecule has 4 heteroatoms. The second-order valence-corrected chi connectivity index (χ2v) is 4.94. The molecule has 5 atom stereocenters. The molecule has 0 aromatic rings. The standard InChI is InChI=1S/C12H17NO2.ClH/c1-15-12(14)11-10-8-4-2-7(3-5-8)9(10)6-13-11;/h2,4,7-11,13H,3,5-6H2,1H3;1H/t7-,8+,9-,10+,11+;/m1./s1. The van der Waals surface area contributed by atoms with Gasteiger partial charge in [-0.05, 0) is 43.1 Å². The van der Waals surface area contributed by atoms with Crippen molar-refractivity contribution in [3.63, 3.8) is 0 Å². The van der Waals surface area contributed by atoms with Crippen molar-refractivity contribution in [1.82, 2.24) is 5.32 Å². The molecule has 90 valence electrons. The van der Waals surface area contributed by atoms with Crippen LogP contribution in [-0.4, -0.2) is 25.7 Å². The van der Waals surface area contributed by atoms with Crippen LogP contribution in [0.4, 0.5) is 0 Å². The van der Waals surface area contributed by atoms with Gasteiger partial charge in [0.2, 0.25) is 0 Å². The molecule has 0 radical (unpaired) electrons. The quantitative estimate of drug-likeness (QED) is 0.559. The Kier molecular flexibility index (Phi) is 3.27. The van der Waals surface area contributed by atoms with Crippen molar-refractivity contribution < 1.29 is 9.53 Å². The first kappa shape index (κ1) is 11.9. The van der Waals surface area contributed by atoms with Gasteiger partial charge < -0.3 is 10.1 Å². The van der Waals surface area contributed by atoms with E-state index in [1.165, 1.54) is 20.0 Å². The lowest BCUT2D eigenvalue weighted by molar-refractivity contribution is -0.144. The van der Waals surface area contributed by atoms with Crippen LogP contribution in [0.1, 0.15) is 12.8 Å². The van der Waals surface area contributed by atoms with Gasteiger partial charge >= 0.3 is 5.97 Å². The van der Waals surface area contributed by atoms with E-state index in [0.717, 1.165) is 6.54 Å². The van der Waals surface area contributed by atoms with E-state index in [0.29, 0.717) is 23.7 Å². The fourth-order valence-electron chi connectivity index (χ4n) is 3.69. The second kappa shape index (κ2) is 4.38. The van der Waals surface area contributed by atoms with Crippen LogP contribution in [0.15, 0.2) is 12.2 Å².